The highest BCUT2D eigenvalue weighted by Crippen LogP contribution is 2.40. The van der Waals surface area contributed by atoms with Crippen LogP contribution in [0.15, 0.2) is 12.1 Å². The van der Waals surface area contributed by atoms with E-state index in [0.717, 1.165) is 18.5 Å². The lowest BCUT2D eigenvalue weighted by atomic mass is 10.3. The summed E-state index contributed by atoms with van der Waals surface area (Å²) in [7, 11) is 0. The Morgan fingerprint density at radius 2 is 2.36 bits per heavy atom. The Labute approximate surface area is 81.6 Å². The van der Waals surface area contributed by atoms with Gasteiger partial charge in [0.05, 0.1) is 18.9 Å². The van der Waals surface area contributed by atoms with Crippen molar-refractivity contribution in [3.63, 3.8) is 0 Å². The molecule has 1 fully saturated rings. The van der Waals surface area contributed by atoms with Crippen molar-refractivity contribution in [2.75, 3.05) is 6.61 Å². The van der Waals surface area contributed by atoms with Gasteiger partial charge in [0.25, 0.3) is 5.91 Å². The number of nitriles is 1. The molecule has 0 aromatic carbocycles. The molecule has 1 aromatic rings. The molecule has 2 aliphatic rings. The molecule has 1 atom stereocenters. The van der Waals surface area contributed by atoms with Gasteiger partial charge in [-0.2, -0.15) is 5.26 Å². The molecule has 1 spiro atoms. The maximum atomic E-state index is 8.95. The minimum absolute atomic E-state index is 0.543. The largest absolute Gasteiger partial charge is 0.332 e. The average Bonchev–Trinajstić information content (AvgIpc) is 2.88. The van der Waals surface area contributed by atoms with Gasteiger partial charge in [0, 0.05) is 6.42 Å². The summed E-state index contributed by atoms with van der Waals surface area (Å²) in [5.74, 6) is -0.663. The monoisotopic (exact) mass is 190 g/mol. The van der Waals surface area contributed by atoms with Crippen LogP contribution in [-0.2, 0) is 22.0 Å². The van der Waals surface area contributed by atoms with E-state index in [9.17, 15) is 0 Å². The van der Waals surface area contributed by atoms with Gasteiger partial charge in [-0.3, -0.25) is 4.57 Å². The van der Waals surface area contributed by atoms with Crippen LogP contribution in [0.5, 0.6) is 0 Å². The fourth-order valence-corrected chi connectivity index (χ4v) is 2.22. The summed E-state index contributed by atoms with van der Waals surface area (Å²) in [6.45, 7) is 1.25. The third-order valence-electron chi connectivity index (χ3n) is 2.83. The van der Waals surface area contributed by atoms with E-state index in [1.807, 2.05) is 16.7 Å². The van der Waals surface area contributed by atoms with E-state index in [1.165, 1.54) is 0 Å². The van der Waals surface area contributed by atoms with Crippen LogP contribution in [0.2, 0.25) is 0 Å². The minimum Gasteiger partial charge on any atom is -0.332 e. The molecule has 1 unspecified atom stereocenters. The van der Waals surface area contributed by atoms with Crippen LogP contribution in [0.4, 0.5) is 0 Å². The lowest BCUT2D eigenvalue weighted by molar-refractivity contribution is -0.252. The second-order valence-corrected chi connectivity index (χ2v) is 3.61. The number of nitrogens with zero attached hydrogens (tertiary/aromatic N) is 2. The Morgan fingerprint density at radius 1 is 1.43 bits per heavy atom. The Hall–Kier alpha value is -1.31. The first-order chi connectivity index (χ1) is 6.86. The predicted octanol–water partition coefficient (Wildman–Crippen LogP) is 1.31. The summed E-state index contributed by atoms with van der Waals surface area (Å²) < 4.78 is 13.2. The molecule has 1 aromatic heterocycles. The topological polar surface area (TPSA) is 47.2 Å². The fraction of sp³-hybridized carbons (Fsp3) is 0.500. The molecule has 72 valence electrons. The van der Waals surface area contributed by atoms with Crippen LogP contribution in [0.3, 0.4) is 0 Å². The summed E-state index contributed by atoms with van der Waals surface area (Å²) in [6, 6.07) is 5.91. The number of rotatable bonds is 0. The smallest absolute Gasteiger partial charge is 0.256 e. The van der Waals surface area contributed by atoms with E-state index in [4.69, 9.17) is 14.7 Å². The minimum atomic E-state index is -0.663. The van der Waals surface area contributed by atoms with E-state index in [0.29, 0.717) is 18.9 Å². The summed E-state index contributed by atoms with van der Waals surface area (Å²) in [5.41, 5.74) is 1.66. The second-order valence-electron chi connectivity index (χ2n) is 3.61. The molecule has 0 radical (unpaired) electrons. The molecule has 2 aliphatic heterocycles. The van der Waals surface area contributed by atoms with E-state index >= 15 is 0 Å². The first kappa shape index (κ1) is 8.04. The Morgan fingerprint density at radius 3 is 3.07 bits per heavy atom. The summed E-state index contributed by atoms with van der Waals surface area (Å²) in [5, 5.41) is 8.95. The third kappa shape index (κ3) is 0.834. The fourth-order valence-electron chi connectivity index (χ4n) is 2.22. The number of hydrogen-bond donors (Lipinski definition) is 0. The van der Waals surface area contributed by atoms with Gasteiger partial charge in [0.2, 0.25) is 0 Å². The van der Waals surface area contributed by atoms with Crippen molar-refractivity contribution >= 4 is 0 Å². The normalized spacial score (nSPS) is 29.4. The first-order valence-corrected chi connectivity index (χ1v) is 4.75. The number of hydrogen-bond acceptors (Lipinski definition) is 3. The SMILES string of the molecule is N#Cc1ccc2n1C1(CCCO1)OC2. The molecule has 0 bridgehead atoms. The molecule has 1 saturated heterocycles. The summed E-state index contributed by atoms with van der Waals surface area (Å²) in [6.07, 6.45) is 1.83. The van der Waals surface area contributed by atoms with Gasteiger partial charge in [-0.25, -0.2) is 0 Å². The zero-order valence-corrected chi connectivity index (χ0v) is 7.69. The third-order valence-corrected chi connectivity index (χ3v) is 2.83. The molecular formula is C10H10N2O2. The molecule has 4 heteroatoms. The predicted molar refractivity (Wildman–Crippen MR) is 47.1 cm³/mol. The molecule has 0 amide bonds. The van der Waals surface area contributed by atoms with Gasteiger partial charge >= 0.3 is 0 Å². The molecule has 0 N–H and O–H groups in total. The van der Waals surface area contributed by atoms with Crippen LogP contribution in [-0.4, -0.2) is 11.2 Å². The van der Waals surface area contributed by atoms with E-state index in [-0.39, 0.29) is 0 Å². The summed E-state index contributed by atoms with van der Waals surface area (Å²) >= 11 is 0. The molecule has 4 nitrogen and oxygen atoms in total. The number of aromatic nitrogens is 1. The zero-order valence-electron chi connectivity index (χ0n) is 7.69. The van der Waals surface area contributed by atoms with Gasteiger partial charge in [0.15, 0.2) is 0 Å². The lowest BCUT2D eigenvalue weighted by Gasteiger charge is -2.24. The van der Waals surface area contributed by atoms with Crippen LogP contribution in [0.25, 0.3) is 0 Å². The van der Waals surface area contributed by atoms with Crippen molar-refractivity contribution in [3.8, 4) is 6.07 Å². The maximum absolute atomic E-state index is 8.95. The Balaban J connectivity index is 2.16. The van der Waals surface area contributed by atoms with Crippen molar-refractivity contribution in [2.24, 2.45) is 0 Å². The zero-order chi connectivity index (χ0) is 9.60. The van der Waals surface area contributed by atoms with Gasteiger partial charge in [-0.15, -0.1) is 0 Å². The van der Waals surface area contributed by atoms with Crippen molar-refractivity contribution in [3.05, 3.63) is 23.5 Å². The Bertz CT molecular complexity index is 410. The van der Waals surface area contributed by atoms with Crippen molar-refractivity contribution in [2.45, 2.75) is 25.4 Å². The van der Waals surface area contributed by atoms with Crippen molar-refractivity contribution < 1.29 is 9.47 Å². The average molecular weight is 190 g/mol. The first-order valence-electron chi connectivity index (χ1n) is 4.75. The standard InChI is InChI=1S/C10H10N2O2/c11-6-8-2-3-9-7-14-10(12(8)9)4-1-5-13-10/h2-3H,1,4-5,7H2. The van der Waals surface area contributed by atoms with Crippen molar-refractivity contribution in [1.29, 1.82) is 5.26 Å². The van der Waals surface area contributed by atoms with Crippen LogP contribution in [0.1, 0.15) is 24.2 Å². The van der Waals surface area contributed by atoms with E-state index in [1.54, 1.807) is 0 Å². The quantitative estimate of drug-likeness (QED) is 0.619. The maximum Gasteiger partial charge on any atom is 0.256 e. The van der Waals surface area contributed by atoms with Gasteiger partial charge in [0.1, 0.15) is 11.8 Å². The molecule has 0 saturated carbocycles. The molecule has 3 heterocycles. The van der Waals surface area contributed by atoms with Crippen LogP contribution < -0.4 is 0 Å². The van der Waals surface area contributed by atoms with Gasteiger partial charge < -0.3 is 9.47 Å². The highest BCUT2D eigenvalue weighted by atomic mass is 16.7. The van der Waals surface area contributed by atoms with Crippen LogP contribution in [0, 0.1) is 11.3 Å². The number of ether oxygens (including phenoxy) is 2. The van der Waals surface area contributed by atoms with Gasteiger partial charge in [-0.05, 0) is 18.6 Å². The van der Waals surface area contributed by atoms with E-state index < -0.39 is 5.91 Å². The van der Waals surface area contributed by atoms with Crippen molar-refractivity contribution in [1.82, 2.24) is 4.57 Å². The Kier molecular flexibility index (Phi) is 1.49. The van der Waals surface area contributed by atoms with E-state index in [2.05, 4.69) is 6.07 Å². The highest BCUT2D eigenvalue weighted by Gasteiger charge is 2.45. The number of fused-ring (bicyclic) bond motifs is 2. The second kappa shape index (κ2) is 2.59. The molecule has 0 aliphatic carbocycles. The molecular weight excluding hydrogens is 180 g/mol. The van der Waals surface area contributed by atoms with Gasteiger partial charge in [-0.1, -0.05) is 0 Å². The lowest BCUT2D eigenvalue weighted by Crippen LogP contribution is -2.31. The summed E-state index contributed by atoms with van der Waals surface area (Å²) in [4.78, 5) is 0. The highest BCUT2D eigenvalue weighted by molar-refractivity contribution is 5.29. The molecule has 3 rings (SSSR count). The van der Waals surface area contributed by atoms with Crippen LogP contribution >= 0.6 is 0 Å². The molecule has 14 heavy (non-hydrogen) atoms.